The summed E-state index contributed by atoms with van der Waals surface area (Å²) < 4.78 is 5.31. The van der Waals surface area contributed by atoms with Gasteiger partial charge >= 0.3 is 5.97 Å². The lowest BCUT2D eigenvalue weighted by molar-refractivity contribution is -0.139. The van der Waals surface area contributed by atoms with Gasteiger partial charge < -0.3 is 14.8 Å². The summed E-state index contributed by atoms with van der Waals surface area (Å²) in [5.74, 6) is -0.474. The van der Waals surface area contributed by atoms with Gasteiger partial charge in [-0.2, -0.15) is 0 Å². The number of carboxylic acids is 1. The van der Waals surface area contributed by atoms with Crippen LogP contribution in [0.2, 0.25) is 0 Å². The van der Waals surface area contributed by atoms with Gasteiger partial charge in [-0.25, -0.2) is 4.79 Å². The van der Waals surface area contributed by atoms with Crippen molar-refractivity contribution in [3.63, 3.8) is 0 Å². The second-order valence-corrected chi connectivity index (χ2v) is 5.49. The minimum Gasteiger partial charge on any atom is -0.479 e. The van der Waals surface area contributed by atoms with Crippen LogP contribution in [-0.4, -0.2) is 17.0 Å². The average Bonchev–Trinajstić information content (AvgIpc) is 2.73. The highest BCUT2D eigenvalue weighted by atomic mass is 16.4. The number of nitrogens with one attached hydrogen (secondary N) is 1. The fourth-order valence-corrected chi connectivity index (χ4v) is 2.53. The Bertz CT molecular complexity index is 710. The quantitative estimate of drug-likeness (QED) is 0.909. The Morgan fingerprint density at radius 3 is 2.09 bits per heavy atom. The van der Waals surface area contributed by atoms with Gasteiger partial charge in [0.1, 0.15) is 11.5 Å². The molecule has 22 heavy (non-hydrogen) atoms. The summed E-state index contributed by atoms with van der Waals surface area (Å²) >= 11 is 0. The van der Waals surface area contributed by atoms with Crippen molar-refractivity contribution in [2.45, 2.75) is 33.7 Å². The first kappa shape index (κ1) is 15.8. The minimum atomic E-state index is -1.10. The number of aliphatic carboxylic acids is 1. The number of carbonyl (C=O) groups excluding carboxylic acids is 1. The van der Waals surface area contributed by atoms with Crippen LogP contribution >= 0.6 is 0 Å². The van der Waals surface area contributed by atoms with E-state index in [9.17, 15) is 14.7 Å². The zero-order valence-corrected chi connectivity index (χ0v) is 13.1. The van der Waals surface area contributed by atoms with Gasteiger partial charge in [0.05, 0.1) is 5.56 Å². The van der Waals surface area contributed by atoms with Gasteiger partial charge in [-0.05, 0) is 39.3 Å². The number of rotatable bonds is 4. The van der Waals surface area contributed by atoms with Crippen LogP contribution in [0.1, 0.15) is 44.6 Å². The van der Waals surface area contributed by atoms with Crippen LogP contribution in [-0.2, 0) is 4.79 Å². The lowest BCUT2D eigenvalue weighted by atomic mass is 10.0. The summed E-state index contributed by atoms with van der Waals surface area (Å²) in [5.41, 5.74) is 2.81. The normalized spacial score (nSPS) is 12.0. The number of benzene rings is 1. The monoisotopic (exact) mass is 301 g/mol. The first-order valence-corrected chi connectivity index (χ1v) is 6.97. The highest BCUT2D eigenvalue weighted by Gasteiger charge is 2.24. The van der Waals surface area contributed by atoms with Crippen LogP contribution in [0.25, 0.3) is 0 Å². The Morgan fingerprint density at radius 1 is 1.05 bits per heavy atom. The molecule has 0 aliphatic carbocycles. The molecule has 0 saturated carbocycles. The number of carboxylic acid groups (broad SMARTS) is 1. The predicted octanol–water partition coefficient (Wildman–Crippen LogP) is 3.07. The third-order valence-corrected chi connectivity index (χ3v) is 3.39. The second-order valence-electron chi connectivity index (χ2n) is 5.49. The Labute approximate surface area is 129 Å². The largest absolute Gasteiger partial charge is 0.479 e. The van der Waals surface area contributed by atoms with Crippen LogP contribution < -0.4 is 5.32 Å². The van der Waals surface area contributed by atoms with Gasteiger partial charge in [0.2, 0.25) is 0 Å². The lowest BCUT2D eigenvalue weighted by Crippen LogP contribution is -2.34. The van der Waals surface area contributed by atoms with E-state index in [1.807, 2.05) is 19.9 Å². The fraction of sp³-hybridized carbons (Fsp3) is 0.294. The molecule has 5 nitrogen and oxygen atoms in total. The molecular formula is C17H19NO4. The Balaban J connectivity index is 2.31. The molecule has 0 saturated heterocycles. The summed E-state index contributed by atoms with van der Waals surface area (Å²) in [6.45, 7) is 7.19. The van der Waals surface area contributed by atoms with E-state index in [1.54, 1.807) is 32.0 Å². The SMILES string of the molecule is Cc1cc(C)cc(C(NC(=O)c2cc(C)oc2C)C(=O)O)c1. The number of carbonyl (C=O) groups is 2. The molecule has 1 heterocycles. The first-order valence-electron chi connectivity index (χ1n) is 6.97. The Kier molecular flexibility index (Phi) is 4.35. The molecule has 0 fully saturated rings. The highest BCUT2D eigenvalue weighted by molar-refractivity contribution is 5.97. The van der Waals surface area contributed by atoms with Gasteiger partial charge in [-0.15, -0.1) is 0 Å². The van der Waals surface area contributed by atoms with Crippen molar-refractivity contribution >= 4 is 11.9 Å². The molecule has 5 heteroatoms. The molecule has 2 rings (SSSR count). The first-order chi connectivity index (χ1) is 10.3. The molecular weight excluding hydrogens is 282 g/mol. The standard InChI is InChI=1S/C17H19NO4/c1-9-5-10(2)7-13(6-9)15(17(20)21)18-16(19)14-8-11(3)22-12(14)4/h5-8,15H,1-4H3,(H,18,19)(H,20,21). The predicted molar refractivity (Wildman–Crippen MR) is 81.9 cm³/mol. The van der Waals surface area contributed by atoms with Crippen molar-refractivity contribution in [3.05, 3.63) is 58.0 Å². The summed E-state index contributed by atoms with van der Waals surface area (Å²) in [7, 11) is 0. The summed E-state index contributed by atoms with van der Waals surface area (Å²) in [4.78, 5) is 23.8. The number of aryl methyl sites for hydroxylation is 4. The summed E-state index contributed by atoms with van der Waals surface area (Å²) in [6.07, 6.45) is 0. The maximum absolute atomic E-state index is 12.3. The van der Waals surface area contributed by atoms with Crippen molar-refractivity contribution in [3.8, 4) is 0 Å². The lowest BCUT2D eigenvalue weighted by Gasteiger charge is -2.16. The molecule has 0 aliphatic heterocycles. The fourth-order valence-electron chi connectivity index (χ4n) is 2.53. The zero-order valence-electron chi connectivity index (χ0n) is 13.1. The summed E-state index contributed by atoms with van der Waals surface area (Å²) in [6, 6.07) is 5.98. The zero-order chi connectivity index (χ0) is 16.4. The highest BCUT2D eigenvalue weighted by Crippen LogP contribution is 2.20. The molecule has 0 aliphatic rings. The molecule has 1 unspecified atom stereocenters. The molecule has 0 bridgehead atoms. The van der Waals surface area contributed by atoms with Crippen molar-refractivity contribution in [2.75, 3.05) is 0 Å². The van der Waals surface area contributed by atoms with E-state index in [4.69, 9.17) is 4.42 Å². The van der Waals surface area contributed by atoms with Crippen molar-refractivity contribution in [1.82, 2.24) is 5.32 Å². The molecule has 2 N–H and O–H groups in total. The van der Waals surface area contributed by atoms with Crippen LogP contribution in [0.15, 0.2) is 28.7 Å². The smallest absolute Gasteiger partial charge is 0.330 e. The van der Waals surface area contributed by atoms with Crippen LogP contribution in [0, 0.1) is 27.7 Å². The van der Waals surface area contributed by atoms with Gasteiger partial charge in [-0.1, -0.05) is 29.3 Å². The molecule has 1 aromatic heterocycles. The third kappa shape index (κ3) is 3.36. The molecule has 116 valence electrons. The van der Waals surface area contributed by atoms with Gasteiger partial charge in [0.25, 0.3) is 5.91 Å². The number of hydrogen-bond donors (Lipinski definition) is 2. The van der Waals surface area contributed by atoms with E-state index < -0.39 is 17.9 Å². The van der Waals surface area contributed by atoms with Crippen molar-refractivity contribution in [1.29, 1.82) is 0 Å². The van der Waals surface area contributed by atoms with Gasteiger partial charge in [0, 0.05) is 0 Å². The van der Waals surface area contributed by atoms with E-state index in [-0.39, 0.29) is 0 Å². The maximum Gasteiger partial charge on any atom is 0.330 e. The van der Waals surface area contributed by atoms with Gasteiger partial charge in [0.15, 0.2) is 6.04 Å². The maximum atomic E-state index is 12.3. The van der Waals surface area contributed by atoms with Crippen molar-refractivity contribution < 1.29 is 19.1 Å². The number of amides is 1. The Morgan fingerprint density at radius 2 is 1.64 bits per heavy atom. The minimum absolute atomic E-state index is 0.355. The van der Waals surface area contributed by atoms with Gasteiger partial charge in [-0.3, -0.25) is 4.79 Å². The van der Waals surface area contributed by atoms with Crippen LogP contribution in [0.4, 0.5) is 0 Å². The molecule has 1 atom stereocenters. The Hall–Kier alpha value is -2.56. The van der Waals surface area contributed by atoms with Crippen LogP contribution in [0.5, 0.6) is 0 Å². The molecule has 1 aromatic carbocycles. The topological polar surface area (TPSA) is 79.5 Å². The van der Waals surface area contributed by atoms with E-state index in [0.29, 0.717) is 22.6 Å². The van der Waals surface area contributed by atoms with E-state index in [0.717, 1.165) is 11.1 Å². The average molecular weight is 301 g/mol. The summed E-state index contributed by atoms with van der Waals surface area (Å²) in [5, 5.41) is 12.0. The number of furan rings is 1. The van der Waals surface area contributed by atoms with E-state index in [2.05, 4.69) is 5.32 Å². The molecule has 2 aromatic rings. The molecule has 0 radical (unpaired) electrons. The number of hydrogen-bond acceptors (Lipinski definition) is 3. The molecule has 0 spiro atoms. The third-order valence-electron chi connectivity index (χ3n) is 3.39. The van der Waals surface area contributed by atoms with Crippen molar-refractivity contribution in [2.24, 2.45) is 0 Å². The second kappa shape index (κ2) is 6.05. The van der Waals surface area contributed by atoms with E-state index in [1.165, 1.54) is 0 Å². The molecule has 1 amide bonds. The van der Waals surface area contributed by atoms with E-state index >= 15 is 0 Å². The van der Waals surface area contributed by atoms with Crippen LogP contribution in [0.3, 0.4) is 0 Å².